The van der Waals surface area contributed by atoms with Gasteiger partial charge in [0.1, 0.15) is 0 Å². The van der Waals surface area contributed by atoms with Crippen molar-refractivity contribution in [2.75, 3.05) is 6.54 Å². The van der Waals surface area contributed by atoms with Crippen molar-refractivity contribution in [3.8, 4) is 0 Å². The zero-order chi connectivity index (χ0) is 9.90. The summed E-state index contributed by atoms with van der Waals surface area (Å²) in [6.07, 6.45) is 6.46. The lowest BCUT2D eigenvalue weighted by atomic mass is 9.81. The molecule has 1 aliphatic carbocycles. The standard InChI is InChI=1S/C11H19NO/c1-11(2,8-12)10(13)9-6-4-3-5-7-9/h6H,3-5,7-8,12H2,1-2H3. The Balaban J connectivity index is 2.71. The van der Waals surface area contributed by atoms with Gasteiger partial charge in [0.15, 0.2) is 5.78 Å². The van der Waals surface area contributed by atoms with E-state index in [-0.39, 0.29) is 11.2 Å². The molecule has 0 aromatic rings. The Morgan fingerprint density at radius 1 is 1.54 bits per heavy atom. The summed E-state index contributed by atoms with van der Waals surface area (Å²) in [6, 6.07) is 0. The Morgan fingerprint density at radius 2 is 2.23 bits per heavy atom. The van der Waals surface area contributed by atoms with Gasteiger partial charge in [-0.25, -0.2) is 0 Å². The van der Waals surface area contributed by atoms with Gasteiger partial charge >= 0.3 is 0 Å². The Hall–Kier alpha value is -0.630. The van der Waals surface area contributed by atoms with Crippen LogP contribution in [-0.4, -0.2) is 12.3 Å². The molecule has 0 saturated carbocycles. The zero-order valence-electron chi connectivity index (χ0n) is 8.60. The average Bonchev–Trinajstić information content (AvgIpc) is 2.18. The molecule has 1 rings (SSSR count). The van der Waals surface area contributed by atoms with Crippen molar-refractivity contribution in [1.29, 1.82) is 0 Å². The van der Waals surface area contributed by atoms with Gasteiger partial charge in [0.25, 0.3) is 0 Å². The summed E-state index contributed by atoms with van der Waals surface area (Å²) in [5, 5.41) is 0. The molecule has 0 fully saturated rings. The third-order valence-corrected chi connectivity index (χ3v) is 2.71. The van der Waals surface area contributed by atoms with Gasteiger partial charge in [0, 0.05) is 12.0 Å². The van der Waals surface area contributed by atoms with E-state index in [1.165, 1.54) is 6.42 Å². The van der Waals surface area contributed by atoms with Gasteiger partial charge in [0.05, 0.1) is 0 Å². The van der Waals surface area contributed by atoms with Crippen molar-refractivity contribution in [1.82, 2.24) is 0 Å². The Morgan fingerprint density at radius 3 is 2.69 bits per heavy atom. The molecule has 2 nitrogen and oxygen atoms in total. The van der Waals surface area contributed by atoms with Crippen LogP contribution in [0.4, 0.5) is 0 Å². The number of rotatable bonds is 3. The van der Waals surface area contributed by atoms with E-state index in [1.54, 1.807) is 0 Å². The van der Waals surface area contributed by atoms with Gasteiger partial charge in [-0.3, -0.25) is 4.79 Å². The predicted molar refractivity (Wildman–Crippen MR) is 54.4 cm³/mol. The summed E-state index contributed by atoms with van der Waals surface area (Å²) < 4.78 is 0. The van der Waals surface area contributed by atoms with Crippen LogP contribution in [0, 0.1) is 5.41 Å². The third kappa shape index (κ3) is 2.41. The molecule has 0 aromatic carbocycles. The summed E-state index contributed by atoms with van der Waals surface area (Å²) in [5.74, 6) is 0.245. The van der Waals surface area contributed by atoms with Crippen LogP contribution in [0.2, 0.25) is 0 Å². The molecule has 0 spiro atoms. The molecule has 0 aliphatic heterocycles. The van der Waals surface area contributed by atoms with E-state index in [0.29, 0.717) is 6.54 Å². The van der Waals surface area contributed by atoms with Crippen molar-refractivity contribution in [2.24, 2.45) is 11.1 Å². The number of nitrogens with two attached hydrogens (primary N) is 1. The highest BCUT2D eigenvalue weighted by Gasteiger charge is 2.28. The lowest BCUT2D eigenvalue weighted by molar-refractivity contribution is -0.123. The summed E-state index contributed by atoms with van der Waals surface area (Å²) in [5.41, 5.74) is 6.20. The van der Waals surface area contributed by atoms with Crippen molar-refractivity contribution < 1.29 is 4.79 Å². The minimum atomic E-state index is -0.372. The van der Waals surface area contributed by atoms with Crippen molar-refractivity contribution in [3.63, 3.8) is 0 Å². The van der Waals surface area contributed by atoms with Gasteiger partial charge in [-0.15, -0.1) is 0 Å². The van der Waals surface area contributed by atoms with Gasteiger partial charge in [-0.05, 0) is 31.3 Å². The highest BCUT2D eigenvalue weighted by Crippen LogP contribution is 2.26. The van der Waals surface area contributed by atoms with E-state index >= 15 is 0 Å². The van der Waals surface area contributed by atoms with Crippen LogP contribution in [0.15, 0.2) is 11.6 Å². The van der Waals surface area contributed by atoms with E-state index in [9.17, 15) is 4.79 Å². The molecule has 0 atom stereocenters. The highest BCUT2D eigenvalue weighted by molar-refractivity contribution is 5.99. The van der Waals surface area contributed by atoms with Crippen LogP contribution in [-0.2, 0) is 4.79 Å². The number of allylic oxidation sites excluding steroid dienone is 2. The van der Waals surface area contributed by atoms with Crippen LogP contribution in [0.1, 0.15) is 39.5 Å². The normalized spacial score (nSPS) is 18.2. The molecule has 2 N–H and O–H groups in total. The Bertz CT molecular complexity index is 228. The van der Waals surface area contributed by atoms with Crippen molar-refractivity contribution >= 4 is 5.78 Å². The number of carbonyl (C=O) groups excluding carboxylic acids is 1. The fraction of sp³-hybridized carbons (Fsp3) is 0.727. The summed E-state index contributed by atoms with van der Waals surface area (Å²) >= 11 is 0. The van der Waals surface area contributed by atoms with Crippen molar-refractivity contribution in [2.45, 2.75) is 39.5 Å². The maximum Gasteiger partial charge on any atom is 0.165 e. The molecule has 0 aromatic heterocycles. The van der Waals surface area contributed by atoms with Crippen LogP contribution >= 0.6 is 0 Å². The molecule has 0 amide bonds. The molecular formula is C11H19NO. The molecule has 0 heterocycles. The Labute approximate surface area is 80.2 Å². The van der Waals surface area contributed by atoms with Gasteiger partial charge < -0.3 is 5.73 Å². The minimum Gasteiger partial charge on any atom is -0.329 e. The SMILES string of the molecule is CC(C)(CN)C(=O)C1=CCCCC1. The highest BCUT2D eigenvalue weighted by atomic mass is 16.1. The fourth-order valence-corrected chi connectivity index (χ4v) is 1.57. The molecule has 0 radical (unpaired) electrons. The molecule has 0 unspecified atom stereocenters. The molecule has 1 aliphatic rings. The van der Waals surface area contributed by atoms with Crippen LogP contribution in [0.3, 0.4) is 0 Å². The molecule has 13 heavy (non-hydrogen) atoms. The van der Waals surface area contributed by atoms with Gasteiger partial charge in [-0.2, -0.15) is 0 Å². The number of ketones is 1. The third-order valence-electron chi connectivity index (χ3n) is 2.71. The first-order valence-electron chi connectivity index (χ1n) is 5.02. The van der Waals surface area contributed by atoms with E-state index in [1.807, 2.05) is 13.8 Å². The first-order chi connectivity index (χ1) is 6.08. The molecule has 0 bridgehead atoms. The second kappa shape index (κ2) is 4.05. The first-order valence-corrected chi connectivity index (χ1v) is 5.02. The molecule has 2 heteroatoms. The van der Waals surface area contributed by atoms with Gasteiger partial charge in [-0.1, -0.05) is 19.9 Å². The largest absolute Gasteiger partial charge is 0.329 e. The molecule has 0 saturated heterocycles. The van der Waals surface area contributed by atoms with E-state index in [0.717, 1.165) is 24.8 Å². The number of carbonyl (C=O) groups is 1. The Kier molecular flexibility index (Phi) is 3.26. The average molecular weight is 181 g/mol. The lowest BCUT2D eigenvalue weighted by Crippen LogP contribution is -2.34. The van der Waals surface area contributed by atoms with Crippen molar-refractivity contribution in [3.05, 3.63) is 11.6 Å². The fourth-order valence-electron chi connectivity index (χ4n) is 1.57. The van der Waals surface area contributed by atoms with Crippen LogP contribution in [0.5, 0.6) is 0 Å². The summed E-state index contributed by atoms with van der Waals surface area (Å²) in [4.78, 5) is 11.9. The number of hydrogen-bond acceptors (Lipinski definition) is 2. The minimum absolute atomic E-state index is 0.245. The monoisotopic (exact) mass is 181 g/mol. The predicted octanol–water partition coefficient (Wildman–Crippen LogP) is 2.04. The number of Topliss-reactive ketones (excluding diaryl/α,β-unsaturated/α-hetero) is 1. The zero-order valence-corrected chi connectivity index (χ0v) is 8.60. The van der Waals surface area contributed by atoms with Crippen LogP contribution in [0.25, 0.3) is 0 Å². The first kappa shape index (κ1) is 10.5. The second-order valence-corrected chi connectivity index (χ2v) is 4.39. The smallest absolute Gasteiger partial charge is 0.165 e. The van der Waals surface area contributed by atoms with E-state index in [2.05, 4.69) is 6.08 Å². The van der Waals surface area contributed by atoms with Crippen LogP contribution < -0.4 is 5.73 Å². The number of hydrogen-bond donors (Lipinski definition) is 1. The molecule has 74 valence electrons. The summed E-state index contributed by atoms with van der Waals surface area (Å²) in [6.45, 7) is 4.28. The second-order valence-electron chi connectivity index (χ2n) is 4.39. The maximum absolute atomic E-state index is 11.9. The molecular weight excluding hydrogens is 162 g/mol. The summed E-state index contributed by atoms with van der Waals surface area (Å²) in [7, 11) is 0. The lowest BCUT2D eigenvalue weighted by Gasteiger charge is -2.23. The van der Waals surface area contributed by atoms with Gasteiger partial charge in [0.2, 0.25) is 0 Å². The topological polar surface area (TPSA) is 43.1 Å². The van der Waals surface area contributed by atoms with E-state index < -0.39 is 0 Å². The van der Waals surface area contributed by atoms with E-state index in [4.69, 9.17) is 5.73 Å². The maximum atomic E-state index is 11.9. The quantitative estimate of drug-likeness (QED) is 0.724.